The lowest BCUT2D eigenvalue weighted by atomic mass is 10.0. The van der Waals surface area contributed by atoms with Crippen LogP contribution < -0.4 is 10.1 Å². The van der Waals surface area contributed by atoms with Crippen LogP contribution in [0.1, 0.15) is 17.5 Å². The Labute approximate surface area is 157 Å². The van der Waals surface area contributed by atoms with Crippen LogP contribution in [-0.2, 0) is 13.0 Å². The molecule has 138 valence electrons. The number of aryl methyl sites for hydroxylation is 1. The van der Waals surface area contributed by atoms with Gasteiger partial charge in [0, 0.05) is 37.1 Å². The van der Waals surface area contributed by atoms with Crippen molar-refractivity contribution in [2.75, 3.05) is 6.54 Å². The SMILES string of the molecule is Oc1ccc2c(c1)OC(CNCc1cncc(-c3ccc(F)cc3)c1)CC2. The van der Waals surface area contributed by atoms with Gasteiger partial charge in [-0.3, -0.25) is 4.98 Å². The third kappa shape index (κ3) is 4.26. The zero-order chi connectivity index (χ0) is 18.6. The van der Waals surface area contributed by atoms with Crippen LogP contribution in [-0.4, -0.2) is 22.7 Å². The molecule has 4 rings (SSSR count). The smallest absolute Gasteiger partial charge is 0.126 e. The molecule has 1 aliphatic heterocycles. The second-order valence-electron chi connectivity index (χ2n) is 6.79. The van der Waals surface area contributed by atoms with Gasteiger partial charge < -0.3 is 15.2 Å². The van der Waals surface area contributed by atoms with Crippen molar-refractivity contribution in [3.05, 3.63) is 77.9 Å². The summed E-state index contributed by atoms with van der Waals surface area (Å²) in [6.45, 7) is 1.39. The van der Waals surface area contributed by atoms with Crippen molar-refractivity contribution >= 4 is 0 Å². The molecule has 0 spiro atoms. The van der Waals surface area contributed by atoms with E-state index < -0.39 is 0 Å². The summed E-state index contributed by atoms with van der Waals surface area (Å²) in [6, 6.07) is 13.8. The minimum Gasteiger partial charge on any atom is -0.508 e. The van der Waals surface area contributed by atoms with Gasteiger partial charge in [0.05, 0.1) is 0 Å². The van der Waals surface area contributed by atoms with E-state index in [4.69, 9.17) is 4.74 Å². The Morgan fingerprint density at radius 3 is 2.78 bits per heavy atom. The zero-order valence-electron chi connectivity index (χ0n) is 14.9. The number of nitrogens with one attached hydrogen (secondary N) is 1. The Hall–Kier alpha value is -2.92. The quantitative estimate of drug-likeness (QED) is 0.716. The predicted molar refractivity (Wildman–Crippen MR) is 102 cm³/mol. The summed E-state index contributed by atoms with van der Waals surface area (Å²) in [5.41, 5.74) is 4.11. The number of pyridine rings is 1. The molecule has 0 saturated carbocycles. The average Bonchev–Trinajstić information content (AvgIpc) is 2.68. The summed E-state index contributed by atoms with van der Waals surface area (Å²) in [4.78, 5) is 4.30. The molecule has 0 radical (unpaired) electrons. The first-order chi connectivity index (χ1) is 13.2. The van der Waals surface area contributed by atoms with E-state index in [0.29, 0.717) is 6.54 Å². The highest BCUT2D eigenvalue weighted by Gasteiger charge is 2.19. The Balaban J connectivity index is 1.34. The highest BCUT2D eigenvalue weighted by molar-refractivity contribution is 5.62. The van der Waals surface area contributed by atoms with E-state index in [-0.39, 0.29) is 17.7 Å². The van der Waals surface area contributed by atoms with Crippen LogP contribution in [0, 0.1) is 5.82 Å². The van der Waals surface area contributed by atoms with Crippen molar-refractivity contribution in [2.24, 2.45) is 0 Å². The van der Waals surface area contributed by atoms with Crippen molar-refractivity contribution < 1.29 is 14.2 Å². The third-order valence-electron chi connectivity index (χ3n) is 4.75. The Kier molecular flexibility index (Phi) is 5.03. The Morgan fingerprint density at radius 2 is 1.93 bits per heavy atom. The number of aromatic nitrogens is 1. The number of phenols is 1. The van der Waals surface area contributed by atoms with Gasteiger partial charge in [-0.25, -0.2) is 4.39 Å². The fourth-order valence-corrected chi connectivity index (χ4v) is 3.32. The van der Waals surface area contributed by atoms with E-state index in [1.807, 2.05) is 12.3 Å². The van der Waals surface area contributed by atoms with Gasteiger partial charge in [0.1, 0.15) is 23.4 Å². The number of benzene rings is 2. The van der Waals surface area contributed by atoms with E-state index >= 15 is 0 Å². The molecule has 1 unspecified atom stereocenters. The number of hydrogen-bond acceptors (Lipinski definition) is 4. The maximum absolute atomic E-state index is 13.1. The van der Waals surface area contributed by atoms with Crippen molar-refractivity contribution in [3.63, 3.8) is 0 Å². The van der Waals surface area contributed by atoms with Crippen LogP contribution in [0.5, 0.6) is 11.5 Å². The molecule has 2 N–H and O–H groups in total. The highest BCUT2D eigenvalue weighted by Crippen LogP contribution is 2.30. The van der Waals surface area contributed by atoms with Crippen molar-refractivity contribution in [1.82, 2.24) is 10.3 Å². The molecule has 0 fully saturated rings. The van der Waals surface area contributed by atoms with E-state index in [1.165, 1.54) is 12.1 Å². The standard InChI is InChI=1S/C22H21FN2O2/c23-19-5-1-16(2-6-19)18-9-15(11-24-13-18)12-25-14-21-8-4-17-3-7-20(26)10-22(17)27-21/h1-3,5-7,9-11,13,21,25-26H,4,8,12,14H2. The van der Waals surface area contributed by atoms with E-state index in [2.05, 4.69) is 16.4 Å². The topological polar surface area (TPSA) is 54.4 Å². The summed E-state index contributed by atoms with van der Waals surface area (Å²) in [5.74, 6) is 0.756. The van der Waals surface area contributed by atoms with E-state index in [0.717, 1.165) is 47.4 Å². The molecule has 5 heteroatoms. The number of phenolic OH excluding ortho intramolecular Hbond substituents is 1. The molecule has 1 aromatic heterocycles. The fraction of sp³-hybridized carbons (Fsp3) is 0.227. The van der Waals surface area contributed by atoms with Crippen LogP contribution in [0.3, 0.4) is 0 Å². The number of ether oxygens (including phenoxy) is 1. The van der Waals surface area contributed by atoms with E-state index in [9.17, 15) is 9.50 Å². The Bertz CT molecular complexity index is 928. The van der Waals surface area contributed by atoms with Gasteiger partial charge in [-0.15, -0.1) is 0 Å². The number of hydrogen-bond donors (Lipinski definition) is 2. The van der Waals surface area contributed by atoms with Gasteiger partial charge in [0.2, 0.25) is 0 Å². The Morgan fingerprint density at radius 1 is 1.07 bits per heavy atom. The molecule has 3 aromatic rings. The normalized spacial score (nSPS) is 15.8. The van der Waals surface area contributed by atoms with Crippen LogP contribution in [0.15, 0.2) is 60.9 Å². The molecule has 27 heavy (non-hydrogen) atoms. The second-order valence-corrected chi connectivity index (χ2v) is 6.79. The van der Waals surface area contributed by atoms with Crippen LogP contribution in [0.2, 0.25) is 0 Å². The monoisotopic (exact) mass is 364 g/mol. The maximum Gasteiger partial charge on any atom is 0.126 e. The molecule has 4 nitrogen and oxygen atoms in total. The first-order valence-electron chi connectivity index (χ1n) is 9.06. The summed E-state index contributed by atoms with van der Waals surface area (Å²) < 4.78 is 19.1. The number of rotatable bonds is 5. The summed E-state index contributed by atoms with van der Waals surface area (Å²) in [5, 5.41) is 13.0. The maximum atomic E-state index is 13.1. The zero-order valence-corrected chi connectivity index (χ0v) is 14.9. The van der Waals surface area contributed by atoms with Crippen molar-refractivity contribution in [1.29, 1.82) is 0 Å². The largest absolute Gasteiger partial charge is 0.508 e. The number of halogens is 1. The lowest BCUT2D eigenvalue weighted by Crippen LogP contribution is -2.33. The van der Waals surface area contributed by atoms with Crippen LogP contribution in [0.4, 0.5) is 4.39 Å². The second kappa shape index (κ2) is 7.76. The molecule has 0 amide bonds. The lowest BCUT2D eigenvalue weighted by Gasteiger charge is -2.26. The molecular weight excluding hydrogens is 343 g/mol. The molecule has 0 saturated heterocycles. The molecule has 0 aliphatic carbocycles. The highest BCUT2D eigenvalue weighted by atomic mass is 19.1. The predicted octanol–water partition coefficient (Wildman–Crippen LogP) is 4.08. The molecule has 2 aromatic carbocycles. The van der Waals surface area contributed by atoms with Gasteiger partial charge in [-0.2, -0.15) is 0 Å². The molecule has 1 atom stereocenters. The molecule has 1 aliphatic rings. The third-order valence-corrected chi connectivity index (χ3v) is 4.75. The number of fused-ring (bicyclic) bond motifs is 1. The van der Waals surface area contributed by atoms with Gasteiger partial charge in [-0.1, -0.05) is 18.2 Å². The molecular formula is C22H21FN2O2. The van der Waals surface area contributed by atoms with Crippen LogP contribution in [0.25, 0.3) is 11.1 Å². The van der Waals surface area contributed by atoms with Gasteiger partial charge in [0.15, 0.2) is 0 Å². The van der Waals surface area contributed by atoms with Crippen molar-refractivity contribution in [3.8, 4) is 22.6 Å². The molecule has 2 heterocycles. The van der Waals surface area contributed by atoms with E-state index in [1.54, 1.807) is 30.5 Å². The number of aromatic hydroxyl groups is 1. The minimum absolute atomic E-state index is 0.0764. The first kappa shape index (κ1) is 17.5. The minimum atomic E-state index is -0.244. The van der Waals surface area contributed by atoms with Gasteiger partial charge >= 0.3 is 0 Å². The van der Waals surface area contributed by atoms with Crippen LogP contribution >= 0.6 is 0 Å². The van der Waals surface area contributed by atoms with Crippen molar-refractivity contribution in [2.45, 2.75) is 25.5 Å². The fourth-order valence-electron chi connectivity index (χ4n) is 3.32. The number of nitrogens with zero attached hydrogens (tertiary/aromatic N) is 1. The average molecular weight is 364 g/mol. The van der Waals surface area contributed by atoms with Gasteiger partial charge in [0.25, 0.3) is 0 Å². The lowest BCUT2D eigenvalue weighted by molar-refractivity contribution is 0.169. The first-order valence-corrected chi connectivity index (χ1v) is 9.06. The summed E-state index contributed by atoms with van der Waals surface area (Å²) in [7, 11) is 0. The summed E-state index contributed by atoms with van der Waals surface area (Å²) >= 11 is 0. The molecule has 0 bridgehead atoms. The van der Waals surface area contributed by atoms with Gasteiger partial charge in [-0.05, 0) is 53.8 Å². The summed E-state index contributed by atoms with van der Waals surface area (Å²) in [6.07, 6.45) is 5.58.